The predicted octanol–water partition coefficient (Wildman–Crippen LogP) is 1.58. The largest absolute Gasteiger partial charge is 0.467 e. The predicted molar refractivity (Wildman–Crippen MR) is 96.8 cm³/mol. The number of carbonyl (C=O) groups excluding carboxylic acids is 2. The fourth-order valence-corrected chi connectivity index (χ4v) is 3.81. The van der Waals surface area contributed by atoms with Crippen LogP contribution in [-0.4, -0.2) is 79.0 Å². The number of piperidine rings is 1. The molecule has 7 nitrogen and oxygen atoms in total. The maximum absolute atomic E-state index is 12.6. The smallest absolute Gasteiger partial charge is 0.341 e. The molecular weight excluding hydrogens is 334 g/mol. The molecule has 2 aliphatic rings. The van der Waals surface area contributed by atoms with Crippen molar-refractivity contribution in [1.82, 2.24) is 14.7 Å². The molecule has 2 fully saturated rings. The van der Waals surface area contributed by atoms with Gasteiger partial charge in [-0.15, -0.1) is 0 Å². The van der Waals surface area contributed by atoms with Crippen LogP contribution in [0.4, 0.5) is 0 Å². The van der Waals surface area contributed by atoms with Crippen molar-refractivity contribution in [3.8, 4) is 0 Å². The summed E-state index contributed by atoms with van der Waals surface area (Å²) >= 11 is 0. The van der Waals surface area contributed by atoms with Crippen LogP contribution in [0, 0.1) is 0 Å². The number of likely N-dealkylation sites (tertiary alicyclic amines) is 1. The summed E-state index contributed by atoms with van der Waals surface area (Å²) in [6.07, 6.45) is 4.99. The van der Waals surface area contributed by atoms with E-state index in [0.717, 1.165) is 45.6 Å². The van der Waals surface area contributed by atoms with E-state index in [-0.39, 0.29) is 11.9 Å². The molecule has 3 rings (SSSR count). The number of piperazine rings is 1. The van der Waals surface area contributed by atoms with Gasteiger partial charge in [0.05, 0.1) is 26.5 Å². The molecule has 2 saturated heterocycles. The topological polar surface area (TPSA) is 66.2 Å². The van der Waals surface area contributed by atoms with Gasteiger partial charge in [0.2, 0.25) is 5.91 Å². The van der Waals surface area contributed by atoms with Gasteiger partial charge < -0.3 is 14.1 Å². The molecule has 2 aliphatic heterocycles. The van der Waals surface area contributed by atoms with Crippen molar-refractivity contribution in [2.45, 2.75) is 38.8 Å². The second-order valence-electron chi connectivity index (χ2n) is 7.23. The van der Waals surface area contributed by atoms with Crippen LogP contribution in [0.3, 0.4) is 0 Å². The number of amides is 1. The van der Waals surface area contributed by atoms with E-state index in [9.17, 15) is 9.59 Å². The molecule has 1 atom stereocenters. The van der Waals surface area contributed by atoms with Crippen LogP contribution in [0.25, 0.3) is 0 Å². The van der Waals surface area contributed by atoms with Gasteiger partial charge in [-0.05, 0) is 32.3 Å². The van der Waals surface area contributed by atoms with Crippen molar-refractivity contribution in [1.29, 1.82) is 0 Å². The first kappa shape index (κ1) is 18.9. The van der Waals surface area contributed by atoms with Gasteiger partial charge in [0.1, 0.15) is 11.3 Å². The summed E-state index contributed by atoms with van der Waals surface area (Å²) in [5.74, 6) is 0.529. The van der Waals surface area contributed by atoms with Crippen molar-refractivity contribution in [2.24, 2.45) is 0 Å². The minimum atomic E-state index is -0.367. The highest BCUT2D eigenvalue weighted by Crippen LogP contribution is 2.18. The summed E-state index contributed by atoms with van der Waals surface area (Å²) in [7, 11) is 1.37. The van der Waals surface area contributed by atoms with E-state index in [2.05, 4.69) is 16.7 Å². The van der Waals surface area contributed by atoms with Gasteiger partial charge >= 0.3 is 5.97 Å². The van der Waals surface area contributed by atoms with Crippen molar-refractivity contribution in [3.63, 3.8) is 0 Å². The minimum absolute atomic E-state index is 0.254. The van der Waals surface area contributed by atoms with Gasteiger partial charge in [0, 0.05) is 38.8 Å². The van der Waals surface area contributed by atoms with Crippen LogP contribution in [0.1, 0.15) is 42.3 Å². The first-order valence-corrected chi connectivity index (χ1v) is 9.47. The summed E-state index contributed by atoms with van der Waals surface area (Å²) < 4.78 is 10.2. The highest BCUT2D eigenvalue weighted by Gasteiger charge is 2.27. The number of nitrogens with zero attached hydrogens (tertiary/aromatic N) is 3. The van der Waals surface area contributed by atoms with E-state index in [1.807, 2.05) is 4.90 Å². The number of furan rings is 1. The SMILES string of the molecule is COC(=O)c1ccoc1CN1CCN(CC(=O)N2CCCCC2C)CC1. The molecule has 0 bridgehead atoms. The Morgan fingerprint density at radius 3 is 2.58 bits per heavy atom. The zero-order chi connectivity index (χ0) is 18.5. The van der Waals surface area contributed by atoms with Crippen molar-refractivity contribution < 1.29 is 18.7 Å². The second-order valence-corrected chi connectivity index (χ2v) is 7.23. The molecule has 0 spiro atoms. The Kier molecular flexibility index (Phi) is 6.32. The summed E-state index contributed by atoms with van der Waals surface area (Å²) in [5.41, 5.74) is 0.490. The van der Waals surface area contributed by atoms with Gasteiger partial charge in [0.25, 0.3) is 0 Å². The Bertz CT molecular complexity index is 622. The molecule has 3 heterocycles. The molecule has 1 aromatic heterocycles. The van der Waals surface area contributed by atoms with E-state index < -0.39 is 0 Å². The lowest BCUT2D eigenvalue weighted by atomic mass is 10.0. The van der Waals surface area contributed by atoms with Crippen LogP contribution in [0.15, 0.2) is 16.7 Å². The Labute approximate surface area is 154 Å². The normalized spacial score (nSPS) is 22.4. The van der Waals surface area contributed by atoms with Crippen LogP contribution in [-0.2, 0) is 16.1 Å². The average Bonchev–Trinajstić information content (AvgIpc) is 3.11. The molecule has 144 valence electrons. The summed E-state index contributed by atoms with van der Waals surface area (Å²) in [6, 6.07) is 2.02. The molecule has 1 unspecified atom stereocenters. The van der Waals surface area contributed by atoms with Crippen LogP contribution < -0.4 is 0 Å². The molecule has 1 aromatic rings. The number of rotatable bonds is 5. The van der Waals surface area contributed by atoms with Gasteiger partial charge in [-0.3, -0.25) is 14.6 Å². The molecule has 0 aliphatic carbocycles. The molecule has 1 amide bonds. The van der Waals surface area contributed by atoms with Crippen LogP contribution >= 0.6 is 0 Å². The quantitative estimate of drug-likeness (QED) is 0.740. The molecule has 26 heavy (non-hydrogen) atoms. The lowest BCUT2D eigenvalue weighted by molar-refractivity contribution is -0.136. The van der Waals surface area contributed by atoms with Crippen molar-refractivity contribution in [2.75, 3.05) is 46.4 Å². The Morgan fingerprint density at radius 1 is 1.15 bits per heavy atom. The van der Waals surface area contributed by atoms with Gasteiger partial charge in [-0.1, -0.05) is 0 Å². The highest BCUT2D eigenvalue weighted by atomic mass is 16.5. The third-order valence-electron chi connectivity index (χ3n) is 5.47. The van der Waals surface area contributed by atoms with E-state index in [0.29, 0.717) is 30.5 Å². The summed E-state index contributed by atoms with van der Waals surface area (Å²) in [6.45, 7) is 7.54. The third-order valence-corrected chi connectivity index (χ3v) is 5.47. The highest BCUT2D eigenvalue weighted by molar-refractivity contribution is 5.90. The van der Waals surface area contributed by atoms with Crippen LogP contribution in [0.5, 0.6) is 0 Å². The lowest BCUT2D eigenvalue weighted by Gasteiger charge is -2.37. The maximum Gasteiger partial charge on any atom is 0.341 e. The van der Waals surface area contributed by atoms with Gasteiger partial charge in [-0.25, -0.2) is 4.79 Å². The Balaban J connectivity index is 1.46. The monoisotopic (exact) mass is 363 g/mol. The summed E-state index contributed by atoms with van der Waals surface area (Å²) in [4.78, 5) is 30.8. The first-order chi connectivity index (χ1) is 12.6. The summed E-state index contributed by atoms with van der Waals surface area (Å²) in [5, 5.41) is 0. The number of carbonyl (C=O) groups is 2. The number of ether oxygens (including phenoxy) is 1. The Morgan fingerprint density at radius 2 is 1.88 bits per heavy atom. The third kappa shape index (κ3) is 4.45. The number of hydrogen-bond donors (Lipinski definition) is 0. The van der Waals surface area contributed by atoms with E-state index in [4.69, 9.17) is 9.15 Å². The minimum Gasteiger partial charge on any atom is -0.467 e. The fourth-order valence-electron chi connectivity index (χ4n) is 3.81. The maximum atomic E-state index is 12.6. The molecule has 0 saturated carbocycles. The zero-order valence-electron chi connectivity index (χ0n) is 15.8. The number of esters is 1. The molecule has 0 aromatic carbocycles. The number of methoxy groups -OCH3 is 1. The first-order valence-electron chi connectivity index (χ1n) is 9.47. The second kappa shape index (κ2) is 8.68. The van der Waals surface area contributed by atoms with Crippen molar-refractivity contribution in [3.05, 3.63) is 23.7 Å². The van der Waals surface area contributed by atoms with E-state index >= 15 is 0 Å². The average molecular weight is 363 g/mol. The number of hydrogen-bond acceptors (Lipinski definition) is 6. The van der Waals surface area contributed by atoms with E-state index in [1.54, 1.807) is 6.07 Å². The van der Waals surface area contributed by atoms with Crippen molar-refractivity contribution >= 4 is 11.9 Å². The Hall–Kier alpha value is -1.86. The van der Waals surface area contributed by atoms with E-state index in [1.165, 1.54) is 19.8 Å². The molecule has 0 N–H and O–H groups in total. The zero-order valence-corrected chi connectivity index (χ0v) is 15.8. The lowest BCUT2D eigenvalue weighted by Crippen LogP contribution is -2.51. The molecule has 0 radical (unpaired) electrons. The molecular formula is C19H29N3O4. The van der Waals surface area contributed by atoms with Crippen LogP contribution in [0.2, 0.25) is 0 Å². The fraction of sp³-hybridized carbons (Fsp3) is 0.684. The van der Waals surface area contributed by atoms with Gasteiger partial charge in [-0.2, -0.15) is 0 Å². The molecule has 7 heteroatoms. The van der Waals surface area contributed by atoms with Gasteiger partial charge in [0.15, 0.2) is 0 Å². The standard InChI is InChI=1S/C19H29N3O4/c1-15-5-3-4-7-22(15)18(23)14-21-10-8-20(9-11-21)13-17-16(6-12-26-17)19(24)25-2/h6,12,15H,3-5,7-11,13-14H2,1-2H3.